The third-order valence-corrected chi connectivity index (χ3v) is 4.10. The zero-order chi connectivity index (χ0) is 14.9. The molecule has 6 heteroatoms. The largest absolute Gasteiger partial charge is 0.384 e. The number of fused-ring (bicyclic) bond motifs is 1. The number of hydrogen-bond donors (Lipinski definition) is 2. The van der Waals surface area contributed by atoms with Crippen LogP contribution in [0.5, 0.6) is 0 Å². The summed E-state index contributed by atoms with van der Waals surface area (Å²) in [5.41, 5.74) is 1.13. The molecule has 0 radical (unpaired) electrons. The lowest BCUT2D eigenvalue weighted by Crippen LogP contribution is -2.38. The number of carbonyl (C=O) groups is 1. The number of hydrogen-bond acceptors (Lipinski definition) is 4. The standard InChI is InChI=1S/C15H15N3O2S/c1-15(20,12-3-5-21-8-12)9-17-14(19)11-2-4-18-10-16-7-13(18)6-11/h2-8,10,20H,9H2,1H3,(H,17,19). The van der Waals surface area contributed by atoms with Crippen molar-refractivity contribution in [1.29, 1.82) is 0 Å². The lowest BCUT2D eigenvalue weighted by Gasteiger charge is -2.22. The molecule has 0 aliphatic carbocycles. The maximum Gasteiger partial charge on any atom is 0.251 e. The average Bonchev–Trinajstić information content (AvgIpc) is 3.14. The molecular formula is C15H15N3O2S. The fraction of sp³-hybridized carbons (Fsp3) is 0.200. The first-order chi connectivity index (χ1) is 10.1. The van der Waals surface area contributed by atoms with Crippen molar-refractivity contribution < 1.29 is 9.90 Å². The minimum Gasteiger partial charge on any atom is -0.384 e. The van der Waals surface area contributed by atoms with Gasteiger partial charge in [-0.05, 0) is 41.4 Å². The van der Waals surface area contributed by atoms with Gasteiger partial charge in [0.05, 0.1) is 24.6 Å². The third kappa shape index (κ3) is 2.81. The van der Waals surface area contributed by atoms with Gasteiger partial charge in [-0.3, -0.25) is 4.79 Å². The molecule has 5 nitrogen and oxygen atoms in total. The number of nitrogens with zero attached hydrogens (tertiary/aromatic N) is 2. The summed E-state index contributed by atoms with van der Waals surface area (Å²) >= 11 is 1.52. The van der Waals surface area contributed by atoms with Crippen LogP contribution in [0, 0.1) is 0 Å². The summed E-state index contributed by atoms with van der Waals surface area (Å²) in [4.78, 5) is 16.2. The first kappa shape index (κ1) is 13.8. The van der Waals surface area contributed by atoms with Crippen LogP contribution in [0.1, 0.15) is 22.8 Å². The molecule has 0 aliphatic rings. The van der Waals surface area contributed by atoms with E-state index in [9.17, 15) is 9.90 Å². The van der Waals surface area contributed by atoms with Gasteiger partial charge in [0, 0.05) is 11.8 Å². The van der Waals surface area contributed by atoms with Crippen molar-refractivity contribution in [2.24, 2.45) is 0 Å². The lowest BCUT2D eigenvalue weighted by atomic mass is 9.99. The Labute approximate surface area is 125 Å². The fourth-order valence-electron chi connectivity index (χ4n) is 2.09. The van der Waals surface area contributed by atoms with E-state index in [2.05, 4.69) is 10.3 Å². The zero-order valence-electron chi connectivity index (χ0n) is 11.5. The Morgan fingerprint density at radius 1 is 1.52 bits per heavy atom. The van der Waals surface area contributed by atoms with Gasteiger partial charge in [-0.1, -0.05) is 0 Å². The van der Waals surface area contributed by atoms with E-state index in [0.29, 0.717) is 5.56 Å². The van der Waals surface area contributed by atoms with Crippen molar-refractivity contribution in [3.63, 3.8) is 0 Å². The lowest BCUT2D eigenvalue weighted by molar-refractivity contribution is 0.0530. The normalized spacial score (nSPS) is 14.0. The molecule has 0 aromatic carbocycles. The number of aromatic nitrogens is 2. The molecule has 0 bridgehead atoms. The number of carbonyl (C=O) groups excluding carboxylic acids is 1. The maximum absolute atomic E-state index is 12.2. The molecule has 0 aliphatic heterocycles. The van der Waals surface area contributed by atoms with Crippen LogP contribution in [-0.2, 0) is 5.60 Å². The van der Waals surface area contributed by atoms with Crippen LogP contribution in [-0.4, -0.2) is 26.9 Å². The number of pyridine rings is 1. The summed E-state index contributed by atoms with van der Waals surface area (Å²) in [5, 5.41) is 16.9. The molecule has 0 fully saturated rings. The molecule has 3 heterocycles. The predicted molar refractivity (Wildman–Crippen MR) is 81.4 cm³/mol. The van der Waals surface area contributed by atoms with Gasteiger partial charge in [0.25, 0.3) is 5.91 Å². The number of nitrogens with one attached hydrogen (secondary N) is 1. The van der Waals surface area contributed by atoms with E-state index in [0.717, 1.165) is 11.1 Å². The molecule has 0 saturated heterocycles. The first-order valence-electron chi connectivity index (χ1n) is 6.51. The smallest absolute Gasteiger partial charge is 0.251 e. The van der Waals surface area contributed by atoms with E-state index in [1.807, 2.05) is 21.2 Å². The van der Waals surface area contributed by atoms with E-state index >= 15 is 0 Å². The van der Waals surface area contributed by atoms with Crippen LogP contribution in [0.2, 0.25) is 0 Å². The van der Waals surface area contributed by atoms with Crippen molar-refractivity contribution >= 4 is 22.8 Å². The van der Waals surface area contributed by atoms with Crippen molar-refractivity contribution in [3.05, 3.63) is 58.8 Å². The molecule has 0 saturated carbocycles. The van der Waals surface area contributed by atoms with Gasteiger partial charge >= 0.3 is 0 Å². The van der Waals surface area contributed by atoms with Crippen LogP contribution in [0.3, 0.4) is 0 Å². The van der Waals surface area contributed by atoms with Crippen LogP contribution in [0.25, 0.3) is 5.52 Å². The Morgan fingerprint density at radius 3 is 3.14 bits per heavy atom. The molecular weight excluding hydrogens is 286 g/mol. The van der Waals surface area contributed by atoms with Gasteiger partial charge in [-0.25, -0.2) is 4.98 Å². The minimum absolute atomic E-state index is 0.160. The van der Waals surface area contributed by atoms with Crippen molar-refractivity contribution in [3.8, 4) is 0 Å². The summed E-state index contributed by atoms with van der Waals surface area (Å²) in [6.45, 7) is 1.85. The van der Waals surface area contributed by atoms with Crippen molar-refractivity contribution in [2.45, 2.75) is 12.5 Å². The van der Waals surface area contributed by atoms with Gasteiger partial charge in [-0.15, -0.1) is 0 Å². The molecule has 1 unspecified atom stereocenters. The molecule has 3 aromatic heterocycles. The summed E-state index contributed by atoms with van der Waals surface area (Å²) in [6, 6.07) is 5.35. The fourth-order valence-corrected chi connectivity index (χ4v) is 2.87. The molecule has 1 amide bonds. The van der Waals surface area contributed by atoms with Crippen LogP contribution < -0.4 is 5.32 Å². The van der Waals surface area contributed by atoms with E-state index in [4.69, 9.17) is 0 Å². The molecule has 3 rings (SSSR count). The highest BCUT2D eigenvalue weighted by molar-refractivity contribution is 7.08. The number of aliphatic hydroxyl groups is 1. The van der Waals surface area contributed by atoms with Crippen LogP contribution >= 0.6 is 11.3 Å². The summed E-state index contributed by atoms with van der Waals surface area (Å²) in [5.74, 6) is -0.214. The van der Waals surface area contributed by atoms with Gasteiger partial charge in [-0.2, -0.15) is 11.3 Å². The maximum atomic E-state index is 12.2. The number of amides is 1. The Morgan fingerprint density at radius 2 is 2.38 bits per heavy atom. The van der Waals surface area contributed by atoms with E-state index in [1.165, 1.54) is 11.3 Å². The number of rotatable bonds is 4. The molecule has 21 heavy (non-hydrogen) atoms. The van der Waals surface area contributed by atoms with Gasteiger partial charge in [0.2, 0.25) is 0 Å². The molecule has 2 N–H and O–H groups in total. The summed E-state index contributed by atoms with van der Waals surface area (Å²) in [7, 11) is 0. The van der Waals surface area contributed by atoms with Gasteiger partial charge in [0.1, 0.15) is 5.60 Å². The van der Waals surface area contributed by atoms with Gasteiger partial charge < -0.3 is 14.8 Å². The predicted octanol–water partition coefficient (Wildman–Crippen LogP) is 2.03. The second-order valence-corrected chi connectivity index (χ2v) is 5.89. The van der Waals surface area contributed by atoms with Gasteiger partial charge in [0.15, 0.2) is 0 Å². The SMILES string of the molecule is CC(O)(CNC(=O)c1ccn2cncc2c1)c1ccsc1. The Kier molecular flexibility index (Phi) is 3.48. The van der Waals surface area contributed by atoms with E-state index in [-0.39, 0.29) is 12.5 Å². The first-order valence-corrected chi connectivity index (χ1v) is 7.45. The molecule has 0 spiro atoms. The Balaban J connectivity index is 1.71. The Bertz CT molecular complexity index is 762. The quantitative estimate of drug-likeness (QED) is 0.775. The minimum atomic E-state index is -1.07. The highest BCUT2D eigenvalue weighted by atomic mass is 32.1. The zero-order valence-corrected chi connectivity index (χ0v) is 12.3. The average molecular weight is 301 g/mol. The molecule has 3 aromatic rings. The summed E-state index contributed by atoms with van der Waals surface area (Å²) in [6.07, 6.45) is 5.16. The van der Waals surface area contributed by atoms with Crippen molar-refractivity contribution in [1.82, 2.24) is 14.7 Å². The topological polar surface area (TPSA) is 66.6 Å². The van der Waals surface area contributed by atoms with Crippen LogP contribution in [0.4, 0.5) is 0 Å². The van der Waals surface area contributed by atoms with E-state index in [1.54, 1.807) is 37.8 Å². The Hall–Kier alpha value is -2.18. The van der Waals surface area contributed by atoms with Crippen molar-refractivity contribution in [2.75, 3.05) is 6.54 Å². The second-order valence-electron chi connectivity index (χ2n) is 5.11. The number of imidazole rings is 1. The number of thiophene rings is 1. The van der Waals surface area contributed by atoms with Crippen LogP contribution in [0.15, 0.2) is 47.7 Å². The molecule has 108 valence electrons. The van der Waals surface area contributed by atoms with E-state index < -0.39 is 5.60 Å². The summed E-state index contributed by atoms with van der Waals surface area (Å²) < 4.78 is 1.83. The third-order valence-electron chi connectivity index (χ3n) is 3.41. The highest BCUT2D eigenvalue weighted by Gasteiger charge is 2.24. The monoisotopic (exact) mass is 301 g/mol. The molecule has 1 atom stereocenters. The second kappa shape index (κ2) is 5.31. The highest BCUT2D eigenvalue weighted by Crippen LogP contribution is 2.22.